The molecule has 0 aliphatic rings. The molecule has 0 spiro atoms. The van der Waals surface area contributed by atoms with Gasteiger partial charge in [-0.15, -0.1) is 0 Å². The van der Waals surface area contributed by atoms with Gasteiger partial charge in [0.05, 0.1) is 11.9 Å². The molecule has 5 heteroatoms. The quantitative estimate of drug-likeness (QED) is 0.644. The summed E-state index contributed by atoms with van der Waals surface area (Å²) < 4.78 is 0. The summed E-state index contributed by atoms with van der Waals surface area (Å²) in [4.78, 5) is 14.3. The second-order valence-electron chi connectivity index (χ2n) is 4.16. The lowest BCUT2D eigenvalue weighted by Gasteiger charge is -2.01. The minimum atomic E-state index is -0.985. The number of aromatic nitrogens is 3. The molecule has 0 fully saturated rings. The summed E-state index contributed by atoms with van der Waals surface area (Å²) in [5, 5.41) is 16.7. The van der Waals surface area contributed by atoms with Gasteiger partial charge in [-0.3, -0.25) is 5.10 Å². The summed E-state index contributed by atoms with van der Waals surface area (Å²) in [7, 11) is 0. The maximum atomic E-state index is 11.1. The van der Waals surface area contributed by atoms with Crippen LogP contribution in [0.4, 0.5) is 0 Å². The van der Waals surface area contributed by atoms with Crippen molar-refractivity contribution in [2.75, 3.05) is 0 Å². The van der Waals surface area contributed by atoms with Gasteiger partial charge in [0.1, 0.15) is 5.56 Å². The van der Waals surface area contributed by atoms with E-state index < -0.39 is 5.97 Å². The standard InChI is InChI=1S/C13H11N3O2/c1-7-3-2-4-10-11(7)8(5-14-10)12-9(13(17)18)6-15-16-12/h2-6,14H,1H3,(H,15,16)(H,17,18). The topological polar surface area (TPSA) is 81.8 Å². The van der Waals surface area contributed by atoms with Crippen molar-refractivity contribution in [3.8, 4) is 11.3 Å². The van der Waals surface area contributed by atoms with Crippen LogP contribution in [0.15, 0.2) is 30.6 Å². The molecular weight excluding hydrogens is 230 g/mol. The van der Waals surface area contributed by atoms with Gasteiger partial charge in [-0.05, 0) is 18.6 Å². The monoisotopic (exact) mass is 241 g/mol. The minimum Gasteiger partial charge on any atom is -0.478 e. The largest absolute Gasteiger partial charge is 0.478 e. The first kappa shape index (κ1) is 10.6. The van der Waals surface area contributed by atoms with Crippen molar-refractivity contribution in [2.45, 2.75) is 6.92 Å². The number of hydrogen-bond acceptors (Lipinski definition) is 2. The summed E-state index contributed by atoms with van der Waals surface area (Å²) in [6.45, 7) is 2.00. The number of carbonyl (C=O) groups is 1. The Hall–Kier alpha value is -2.56. The van der Waals surface area contributed by atoms with Gasteiger partial charge < -0.3 is 10.1 Å². The Bertz CT molecular complexity index is 740. The zero-order valence-electron chi connectivity index (χ0n) is 9.69. The Morgan fingerprint density at radius 3 is 3.00 bits per heavy atom. The first-order valence-electron chi connectivity index (χ1n) is 5.52. The molecule has 0 unspecified atom stereocenters. The number of aromatic amines is 2. The van der Waals surface area contributed by atoms with Crippen LogP contribution >= 0.6 is 0 Å². The van der Waals surface area contributed by atoms with E-state index in [0.29, 0.717) is 5.69 Å². The van der Waals surface area contributed by atoms with Crippen molar-refractivity contribution in [2.24, 2.45) is 0 Å². The third kappa shape index (κ3) is 1.41. The number of rotatable bonds is 2. The van der Waals surface area contributed by atoms with Gasteiger partial charge >= 0.3 is 5.97 Å². The molecule has 0 radical (unpaired) electrons. The van der Waals surface area contributed by atoms with Gasteiger partial charge in [0.2, 0.25) is 0 Å². The SMILES string of the molecule is Cc1cccc2[nH]cc(-c3[nH]ncc3C(=O)O)c12. The lowest BCUT2D eigenvalue weighted by Crippen LogP contribution is -1.96. The molecule has 3 N–H and O–H groups in total. The van der Waals surface area contributed by atoms with Crippen molar-refractivity contribution in [3.05, 3.63) is 41.7 Å². The van der Waals surface area contributed by atoms with Crippen molar-refractivity contribution >= 4 is 16.9 Å². The number of benzene rings is 1. The van der Waals surface area contributed by atoms with Crippen LogP contribution in [0.2, 0.25) is 0 Å². The average Bonchev–Trinajstić information content (AvgIpc) is 2.94. The van der Waals surface area contributed by atoms with E-state index in [2.05, 4.69) is 15.2 Å². The van der Waals surface area contributed by atoms with Crippen LogP contribution in [0.3, 0.4) is 0 Å². The van der Waals surface area contributed by atoms with E-state index in [1.807, 2.05) is 25.1 Å². The Labute approximate surface area is 102 Å². The van der Waals surface area contributed by atoms with Crippen molar-refractivity contribution < 1.29 is 9.90 Å². The zero-order valence-corrected chi connectivity index (χ0v) is 9.69. The maximum absolute atomic E-state index is 11.1. The van der Waals surface area contributed by atoms with Gasteiger partial charge in [-0.2, -0.15) is 5.10 Å². The van der Waals surface area contributed by atoms with Gasteiger partial charge in [0, 0.05) is 22.7 Å². The fourth-order valence-electron chi connectivity index (χ4n) is 2.22. The number of carboxylic acid groups (broad SMARTS) is 1. The smallest absolute Gasteiger partial charge is 0.339 e. The normalized spacial score (nSPS) is 10.9. The molecule has 0 amide bonds. The molecule has 18 heavy (non-hydrogen) atoms. The van der Waals surface area contributed by atoms with Crippen molar-refractivity contribution in [1.29, 1.82) is 0 Å². The number of hydrogen-bond donors (Lipinski definition) is 3. The van der Waals surface area contributed by atoms with Gasteiger partial charge in [0.15, 0.2) is 0 Å². The van der Waals surface area contributed by atoms with Gasteiger partial charge in [-0.1, -0.05) is 12.1 Å². The van der Waals surface area contributed by atoms with Crippen LogP contribution in [-0.2, 0) is 0 Å². The molecule has 3 aromatic rings. The molecule has 2 aromatic heterocycles. The van der Waals surface area contributed by atoms with Crippen LogP contribution in [0.25, 0.3) is 22.2 Å². The summed E-state index contributed by atoms with van der Waals surface area (Å²) >= 11 is 0. The highest BCUT2D eigenvalue weighted by Crippen LogP contribution is 2.31. The van der Waals surface area contributed by atoms with Gasteiger partial charge in [0.25, 0.3) is 0 Å². The Balaban J connectivity index is 2.32. The minimum absolute atomic E-state index is 0.180. The first-order valence-corrected chi connectivity index (χ1v) is 5.52. The molecule has 3 rings (SSSR count). The maximum Gasteiger partial charge on any atom is 0.339 e. The summed E-state index contributed by atoms with van der Waals surface area (Å²) in [6.07, 6.45) is 3.13. The van der Waals surface area contributed by atoms with Gasteiger partial charge in [-0.25, -0.2) is 4.79 Å². The molecule has 0 aliphatic carbocycles. The molecule has 1 aromatic carbocycles. The van der Waals surface area contributed by atoms with Crippen LogP contribution in [0.1, 0.15) is 15.9 Å². The fraction of sp³-hybridized carbons (Fsp3) is 0.0769. The van der Waals surface area contributed by atoms with E-state index >= 15 is 0 Å². The Morgan fingerprint density at radius 2 is 2.22 bits per heavy atom. The van der Waals surface area contributed by atoms with E-state index in [1.54, 1.807) is 6.20 Å². The molecule has 90 valence electrons. The summed E-state index contributed by atoms with van der Waals surface area (Å²) in [5.41, 5.74) is 3.62. The fourth-order valence-corrected chi connectivity index (χ4v) is 2.22. The van der Waals surface area contributed by atoms with E-state index in [0.717, 1.165) is 22.0 Å². The molecular formula is C13H11N3O2. The summed E-state index contributed by atoms with van der Waals surface area (Å²) in [5.74, 6) is -0.985. The van der Waals surface area contributed by atoms with Crippen molar-refractivity contribution in [3.63, 3.8) is 0 Å². The number of nitrogens with zero attached hydrogens (tertiary/aromatic N) is 1. The number of nitrogens with one attached hydrogen (secondary N) is 2. The van der Waals surface area contributed by atoms with E-state index in [4.69, 9.17) is 5.11 Å². The highest BCUT2D eigenvalue weighted by atomic mass is 16.4. The number of fused-ring (bicyclic) bond motifs is 1. The molecule has 0 atom stereocenters. The molecule has 0 saturated heterocycles. The molecule has 0 aliphatic heterocycles. The van der Waals surface area contributed by atoms with Crippen LogP contribution < -0.4 is 0 Å². The molecule has 0 saturated carbocycles. The number of aryl methyl sites for hydroxylation is 1. The predicted molar refractivity (Wildman–Crippen MR) is 67.6 cm³/mol. The number of aromatic carboxylic acids is 1. The highest BCUT2D eigenvalue weighted by molar-refractivity contribution is 6.03. The van der Waals surface area contributed by atoms with Crippen LogP contribution in [0, 0.1) is 6.92 Å². The lowest BCUT2D eigenvalue weighted by molar-refractivity contribution is 0.0698. The third-order valence-electron chi connectivity index (χ3n) is 3.05. The van der Waals surface area contributed by atoms with E-state index in [1.165, 1.54) is 6.20 Å². The predicted octanol–water partition coefficient (Wildman–Crippen LogP) is 2.56. The van der Waals surface area contributed by atoms with Crippen LogP contribution in [0.5, 0.6) is 0 Å². The van der Waals surface area contributed by atoms with Crippen molar-refractivity contribution in [1.82, 2.24) is 15.2 Å². The second kappa shape index (κ2) is 3.73. The first-order chi connectivity index (χ1) is 8.68. The van der Waals surface area contributed by atoms with Crippen LogP contribution in [-0.4, -0.2) is 26.3 Å². The second-order valence-corrected chi connectivity index (χ2v) is 4.16. The highest BCUT2D eigenvalue weighted by Gasteiger charge is 2.17. The number of carboxylic acids is 1. The van der Waals surface area contributed by atoms with E-state index in [-0.39, 0.29) is 5.56 Å². The Morgan fingerprint density at radius 1 is 1.39 bits per heavy atom. The molecule has 5 nitrogen and oxygen atoms in total. The molecule has 0 bridgehead atoms. The Kier molecular flexibility index (Phi) is 2.19. The lowest BCUT2D eigenvalue weighted by atomic mass is 10.0. The summed E-state index contributed by atoms with van der Waals surface area (Å²) in [6, 6.07) is 5.92. The van der Waals surface area contributed by atoms with E-state index in [9.17, 15) is 4.79 Å². The average molecular weight is 241 g/mol. The molecule has 2 heterocycles. The number of H-pyrrole nitrogens is 2. The zero-order chi connectivity index (χ0) is 12.7. The third-order valence-corrected chi connectivity index (χ3v) is 3.05.